The summed E-state index contributed by atoms with van der Waals surface area (Å²) in [5.41, 5.74) is 0. The maximum absolute atomic E-state index is 10.9. The van der Waals surface area contributed by atoms with Gasteiger partial charge in [-0.05, 0) is 24.3 Å². The second-order valence-electron chi connectivity index (χ2n) is 3.01. The average Bonchev–Trinajstić information content (AvgIpc) is 2.16. The number of carboxylic acids is 1. The summed E-state index contributed by atoms with van der Waals surface area (Å²) in [4.78, 5) is 10.2. The maximum atomic E-state index is 10.9. The summed E-state index contributed by atoms with van der Waals surface area (Å²) in [6, 6.07) is 5.43. The number of carboxylic acid groups (broad SMARTS) is 1. The number of hydrogen-bond acceptors (Lipinski definition) is 4. The van der Waals surface area contributed by atoms with Crippen LogP contribution >= 0.6 is 0 Å². The van der Waals surface area contributed by atoms with Crippen LogP contribution in [0.5, 0.6) is 5.75 Å². The molecule has 6 nitrogen and oxygen atoms in total. The molecule has 0 saturated heterocycles. The Kier molecular flexibility index (Phi) is 3.86. The van der Waals surface area contributed by atoms with E-state index in [4.69, 9.17) is 15.0 Å². The number of ether oxygens (including phenoxy) is 1. The monoisotopic (exact) mass is 245 g/mol. The minimum absolute atomic E-state index is 0.0157. The van der Waals surface area contributed by atoms with E-state index in [1.54, 1.807) is 0 Å². The fourth-order valence-electron chi connectivity index (χ4n) is 0.982. The van der Waals surface area contributed by atoms with Crippen LogP contribution in [0.15, 0.2) is 29.2 Å². The van der Waals surface area contributed by atoms with E-state index >= 15 is 0 Å². The molecular weight excluding hydrogens is 234 g/mol. The van der Waals surface area contributed by atoms with Gasteiger partial charge in [0.1, 0.15) is 5.75 Å². The van der Waals surface area contributed by atoms with E-state index in [1.807, 2.05) is 0 Å². The summed E-state index contributed by atoms with van der Waals surface area (Å²) in [7, 11) is -3.70. The third kappa shape index (κ3) is 3.87. The SMILES string of the molecule is NS(=O)(=O)c1ccc(OCCC(=O)O)cc1. The number of aliphatic carboxylic acids is 1. The van der Waals surface area contributed by atoms with Crippen LogP contribution in [0.4, 0.5) is 0 Å². The molecule has 0 unspecified atom stereocenters. The Balaban J connectivity index is 2.62. The Labute approximate surface area is 92.7 Å². The highest BCUT2D eigenvalue weighted by atomic mass is 32.2. The molecule has 1 aromatic carbocycles. The van der Waals surface area contributed by atoms with Gasteiger partial charge in [0.05, 0.1) is 17.9 Å². The minimum atomic E-state index is -3.70. The quantitative estimate of drug-likeness (QED) is 0.769. The zero-order chi connectivity index (χ0) is 12.2. The summed E-state index contributed by atoms with van der Waals surface area (Å²) >= 11 is 0. The Morgan fingerprint density at radius 2 is 1.88 bits per heavy atom. The Bertz CT molecular complexity index is 465. The van der Waals surface area contributed by atoms with Crippen LogP contribution in [0.25, 0.3) is 0 Å². The van der Waals surface area contributed by atoms with Gasteiger partial charge in [0, 0.05) is 0 Å². The van der Waals surface area contributed by atoms with Crippen LogP contribution in [-0.4, -0.2) is 26.1 Å². The van der Waals surface area contributed by atoms with Gasteiger partial charge in [-0.3, -0.25) is 4.79 Å². The summed E-state index contributed by atoms with van der Waals surface area (Å²) in [6.07, 6.45) is -0.114. The van der Waals surface area contributed by atoms with Crippen LogP contribution in [-0.2, 0) is 14.8 Å². The minimum Gasteiger partial charge on any atom is -0.493 e. The second-order valence-corrected chi connectivity index (χ2v) is 4.57. The van der Waals surface area contributed by atoms with Crippen molar-refractivity contribution in [3.63, 3.8) is 0 Å². The largest absolute Gasteiger partial charge is 0.493 e. The molecule has 0 aromatic heterocycles. The number of hydrogen-bond donors (Lipinski definition) is 2. The van der Waals surface area contributed by atoms with Crippen molar-refractivity contribution < 1.29 is 23.1 Å². The van der Waals surface area contributed by atoms with Crippen LogP contribution in [0, 0.1) is 0 Å². The number of benzene rings is 1. The summed E-state index contributed by atoms with van der Waals surface area (Å²) in [5.74, 6) is -0.560. The van der Waals surface area contributed by atoms with Crippen molar-refractivity contribution in [2.24, 2.45) is 5.14 Å². The van der Waals surface area contributed by atoms with Gasteiger partial charge in [0.2, 0.25) is 10.0 Å². The standard InChI is InChI=1S/C9H11NO5S/c10-16(13,14)8-3-1-7(2-4-8)15-6-5-9(11)12/h1-4H,5-6H2,(H,11,12)(H2,10,13,14). The van der Waals surface area contributed by atoms with Crippen LogP contribution in [0.2, 0.25) is 0 Å². The van der Waals surface area contributed by atoms with E-state index in [-0.39, 0.29) is 17.9 Å². The lowest BCUT2D eigenvalue weighted by atomic mass is 10.3. The van der Waals surface area contributed by atoms with Gasteiger partial charge in [-0.25, -0.2) is 13.6 Å². The fraction of sp³-hybridized carbons (Fsp3) is 0.222. The van der Waals surface area contributed by atoms with Crippen molar-refractivity contribution in [1.29, 1.82) is 0 Å². The first-order chi connectivity index (χ1) is 7.39. The van der Waals surface area contributed by atoms with E-state index in [9.17, 15) is 13.2 Å². The number of sulfonamides is 1. The number of nitrogens with two attached hydrogens (primary N) is 1. The predicted octanol–water partition coefficient (Wildman–Crippen LogP) is 0.187. The van der Waals surface area contributed by atoms with Gasteiger partial charge in [0.15, 0.2) is 0 Å². The number of carbonyl (C=O) groups is 1. The Hall–Kier alpha value is -1.60. The van der Waals surface area contributed by atoms with E-state index < -0.39 is 16.0 Å². The molecule has 1 rings (SSSR count). The molecule has 0 aliphatic rings. The van der Waals surface area contributed by atoms with Crippen molar-refractivity contribution in [1.82, 2.24) is 0 Å². The van der Waals surface area contributed by atoms with E-state index in [2.05, 4.69) is 0 Å². The molecule has 0 aliphatic heterocycles. The third-order valence-corrected chi connectivity index (χ3v) is 2.67. The van der Waals surface area contributed by atoms with E-state index in [0.29, 0.717) is 5.75 Å². The third-order valence-electron chi connectivity index (χ3n) is 1.74. The maximum Gasteiger partial charge on any atom is 0.306 e. The lowest BCUT2D eigenvalue weighted by molar-refractivity contribution is -0.137. The second kappa shape index (κ2) is 4.95. The van der Waals surface area contributed by atoms with Gasteiger partial charge in [-0.2, -0.15) is 0 Å². The lowest BCUT2D eigenvalue weighted by Gasteiger charge is -2.04. The molecule has 0 atom stereocenters. The Morgan fingerprint density at radius 3 is 2.31 bits per heavy atom. The molecule has 88 valence electrons. The van der Waals surface area contributed by atoms with Gasteiger partial charge in [-0.1, -0.05) is 0 Å². The molecule has 7 heteroatoms. The van der Waals surface area contributed by atoms with E-state index in [1.165, 1.54) is 24.3 Å². The van der Waals surface area contributed by atoms with Crippen molar-refractivity contribution in [3.05, 3.63) is 24.3 Å². The van der Waals surface area contributed by atoms with Gasteiger partial charge < -0.3 is 9.84 Å². The highest BCUT2D eigenvalue weighted by Crippen LogP contribution is 2.14. The van der Waals surface area contributed by atoms with Crippen molar-refractivity contribution in [2.45, 2.75) is 11.3 Å². The molecule has 1 aromatic rings. The van der Waals surface area contributed by atoms with Crippen molar-refractivity contribution in [3.8, 4) is 5.75 Å². The molecule has 0 saturated carbocycles. The smallest absolute Gasteiger partial charge is 0.306 e. The predicted molar refractivity (Wildman–Crippen MR) is 55.6 cm³/mol. The first kappa shape index (κ1) is 12.5. The van der Waals surface area contributed by atoms with Crippen LogP contribution in [0.1, 0.15) is 6.42 Å². The molecule has 0 radical (unpaired) electrons. The lowest BCUT2D eigenvalue weighted by Crippen LogP contribution is -2.12. The summed E-state index contributed by atoms with van der Waals surface area (Å²) in [6.45, 7) is 0.0318. The summed E-state index contributed by atoms with van der Waals surface area (Å²) < 4.78 is 26.9. The molecule has 0 fully saturated rings. The molecular formula is C9H11NO5S. The van der Waals surface area contributed by atoms with Gasteiger partial charge in [0.25, 0.3) is 0 Å². The normalized spacial score (nSPS) is 11.1. The van der Waals surface area contributed by atoms with Gasteiger partial charge >= 0.3 is 5.97 Å². The molecule has 0 spiro atoms. The zero-order valence-corrected chi connectivity index (χ0v) is 9.11. The van der Waals surface area contributed by atoms with Crippen LogP contribution in [0.3, 0.4) is 0 Å². The first-order valence-electron chi connectivity index (χ1n) is 4.37. The van der Waals surface area contributed by atoms with Crippen molar-refractivity contribution >= 4 is 16.0 Å². The van der Waals surface area contributed by atoms with E-state index in [0.717, 1.165) is 0 Å². The fourth-order valence-corrected chi connectivity index (χ4v) is 1.50. The molecule has 0 amide bonds. The Morgan fingerprint density at radius 1 is 1.31 bits per heavy atom. The topological polar surface area (TPSA) is 107 Å². The highest BCUT2D eigenvalue weighted by Gasteiger charge is 2.07. The molecule has 16 heavy (non-hydrogen) atoms. The van der Waals surface area contributed by atoms with Gasteiger partial charge in [-0.15, -0.1) is 0 Å². The molecule has 0 bridgehead atoms. The first-order valence-corrected chi connectivity index (χ1v) is 5.91. The average molecular weight is 245 g/mol. The molecule has 0 aliphatic carbocycles. The number of primary sulfonamides is 1. The molecule has 0 heterocycles. The van der Waals surface area contributed by atoms with Crippen LogP contribution < -0.4 is 9.88 Å². The highest BCUT2D eigenvalue weighted by molar-refractivity contribution is 7.89. The number of rotatable bonds is 5. The summed E-state index contributed by atoms with van der Waals surface area (Å²) in [5, 5.41) is 13.3. The van der Waals surface area contributed by atoms with Crippen molar-refractivity contribution in [2.75, 3.05) is 6.61 Å². The zero-order valence-electron chi connectivity index (χ0n) is 8.29. The molecule has 3 N–H and O–H groups in total.